The van der Waals surface area contributed by atoms with Gasteiger partial charge >= 0.3 is 0 Å². The third-order valence-corrected chi connectivity index (χ3v) is 6.96. The van der Waals surface area contributed by atoms with Gasteiger partial charge in [-0.05, 0) is 58.5 Å². The SMILES string of the molecule is Cc1cc(N2CCC(NCC3(N4CCCC4)CCCCC3)CC2)nc(N)n1. The quantitative estimate of drug-likeness (QED) is 0.828. The highest BCUT2D eigenvalue weighted by atomic mass is 15.2. The fraction of sp³-hybridized carbons (Fsp3) is 0.810. The lowest BCUT2D eigenvalue weighted by Crippen LogP contribution is -2.57. The Labute approximate surface area is 163 Å². The minimum atomic E-state index is 0.384. The molecule has 150 valence electrons. The minimum absolute atomic E-state index is 0.384. The third kappa shape index (κ3) is 4.37. The fourth-order valence-electron chi connectivity index (χ4n) is 5.39. The summed E-state index contributed by atoms with van der Waals surface area (Å²) in [7, 11) is 0. The van der Waals surface area contributed by atoms with Crippen molar-refractivity contribution < 1.29 is 0 Å². The molecule has 3 aliphatic rings. The second-order valence-electron chi connectivity index (χ2n) is 8.85. The Balaban J connectivity index is 1.32. The van der Waals surface area contributed by atoms with Crippen LogP contribution >= 0.6 is 0 Å². The predicted octanol–water partition coefficient (Wildman–Crippen LogP) is 2.72. The Hall–Kier alpha value is -1.40. The zero-order valence-electron chi connectivity index (χ0n) is 16.9. The van der Waals surface area contributed by atoms with Crippen molar-refractivity contribution >= 4 is 11.8 Å². The summed E-state index contributed by atoms with van der Waals surface area (Å²) in [6.45, 7) is 7.88. The van der Waals surface area contributed by atoms with Crippen molar-refractivity contribution in [3.05, 3.63) is 11.8 Å². The first-order valence-electron chi connectivity index (χ1n) is 11.0. The first-order valence-corrected chi connectivity index (χ1v) is 11.0. The summed E-state index contributed by atoms with van der Waals surface area (Å²) in [5.41, 5.74) is 7.21. The highest BCUT2D eigenvalue weighted by Crippen LogP contribution is 2.35. The molecular formula is C21H36N6. The Morgan fingerprint density at radius 2 is 1.74 bits per heavy atom. The summed E-state index contributed by atoms with van der Waals surface area (Å²) in [4.78, 5) is 13.8. The number of nitrogens with two attached hydrogens (primary N) is 1. The molecule has 2 saturated heterocycles. The van der Waals surface area contributed by atoms with Crippen LogP contribution < -0.4 is 16.0 Å². The molecule has 3 heterocycles. The van der Waals surface area contributed by atoms with E-state index in [1.807, 2.05) is 6.92 Å². The molecular weight excluding hydrogens is 336 g/mol. The average Bonchev–Trinajstić information content (AvgIpc) is 3.22. The average molecular weight is 373 g/mol. The second kappa shape index (κ2) is 8.31. The molecule has 2 aliphatic heterocycles. The summed E-state index contributed by atoms with van der Waals surface area (Å²) < 4.78 is 0. The monoisotopic (exact) mass is 372 g/mol. The molecule has 0 aromatic carbocycles. The fourth-order valence-corrected chi connectivity index (χ4v) is 5.39. The number of rotatable bonds is 5. The number of nitrogens with one attached hydrogen (secondary N) is 1. The van der Waals surface area contributed by atoms with E-state index in [-0.39, 0.29) is 0 Å². The van der Waals surface area contributed by atoms with E-state index in [0.29, 0.717) is 17.5 Å². The lowest BCUT2D eigenvalue weighted by molar-refractivity contribution is 0.0681. The van der Waals surface area contributed by atoms with Crippen LogP contribution in [0.15, 0.2) is 6.07 Å². The van der Waals surface area contributed by atoms with E-state index >= 15 is 0 Å². The molecule has 3 fully saturated rings. The van der Waals surface area contributed by atoms with Gasteiger partial charge in [0.1, 0.15) is 5.82 Å². The van der Waals surface area contributed by atoms with Crippen LogP contribution in [0.4, 0.5) is 11.8 Å². The number of nitrogens with zero attached hydrogens (tertiary/aromatic N) is 4. The molecule has 4 rings (SSSR count). The van der Waals surface area contributed by atoms with Gasteiger partial charge in [-0.25, -0.2) is 4.98 Å². The van der Waals surface area contributed by atoms with Crippen LogP contribution in [0.2, 0.25) is 0 Å². The summed E-state index contributed by atoms with van der Waals surface area (Å²) in [6, 6.07) is 2.68. The first kappa shape index (κ1) is 18.9. The highest BCUT2D eigenvalue weighted by molar-refractivity contribution is 5.43. The number of hydrogen-bond donors (Lipinski definition) is 2. The summed E-state index contributed by atoms with van der Waals surface area (Å²) in [6.07, 6.45) is 12.2. The van der Waals surface area contributed by atoms with Crippen molar-refractivity contribution in [2.75, 3.05) is 43.4 Å². The van der Waals surface area contributed by atoms with Gasteiger partial charge in [0, 0.05) is 43.0 Å². The molecule has 1 saturated carbocycles. The summed E-state index contributed by atoms with van der Waals surface area (Å²) >= 11 is 0. The topological polar surface area (TPSA) is 70.3 Å². The van der Waals surface area contributed by atoms with Crippen molar-refractivity contribution in [3.8, 4) is 0 Å². The second-order valence-corrected chi connectivity index (χ2v) is 8.85. The smallest absolute Gasteiger partial charge is 0.222 e. The normalized spacial score (nSPS) is 24.4. The summed E-state index contributed by atoms with van der Waals surface area (Å²) in [5.74, 6) is 1.37. The lowest BCUT2D eigenvalue weighted by Gasteiger charge is -2.46. The zero-order valence-corrected chi connectivity index (χ0v) is 16.9. The molecule has 0 bridgehead atoms. The maximum atomic E-state index is 5.83. The molecule has 3 N–H and O–H groups in total. The van der Waals surface area contributed by atoms with E-state index in [2.05, 4.69) is 31.2 Å². The summed E-state index contributed by atoms with van der Waals surface area (Å²) in [5, 5.41) is 3.98. The van der Waals surface area contributed by atoms with Crippen LogP contribution in [0.5, 0.6) is 0 Å². The van der Waals surface area contributed by atoms with Gasteiger partial charge in [0.15, 0.2) is 0 Å². The van der Waals surface area contributed by atoms with Gasteiger partial charge in [-0.2, -0.15) is 4.98 Å². The number of anilines is 2. The van der Waals surface area contributed by atoms with Crippen molar-refractivity contribution in [1.29, 1.82) is 0 Å². The van der Waals surface area contributed by atoms with Crippen LogP contribution in [0.1, 0.15) is 63.5 Å². The van der Waals surface area contributed by atoms with E-state index in [1.165, 1.54) is 77.4 Å². The van der Waals surface area contributed by atoms with Gasteiger partial charge in [-0.3, -0.25) is 4.90 Å². The van der Waals surface area contributed by atoms with Gasteiger partial charge in [0.25, 0.3) is 0 Å². The largest absolute Gasteiger partial charge is 0.368 e. The number of nitrogen functional groups attached to an aromatic ring is 1. The Kier molecular flexibility index (Phi) is 5.83. The molecule has 1 aliphatic carbocycles. The molecule has 0 atom stereocenters. The van der Waals surface area contributed by atoms with E-state index in [0.717, 1.165) is 24.6 Å². The highest BCUT2D eigenvalue weighted by Gasteiger charge is 2.39. The van der Waals surface area contributed by atoms with Crippen LogP contribution in [-0.2, 0) is 0 Å². The number of aryl methyl sites for hydroxylation is 1. The van der Waals surface area contributed by atoms with Crippen LogP contribution in [-0.4, -0.2) is 59.2 Å². The zero-order chi connectivity index (χ0) is 18.7. The van der Waals surface area contributed by atoms with Crippen molar-refractivity contribution in [2.24, 2.45) is 0 Å². The van der Waals surface area contributed by atoms with E-state index < -0.39 is 0 Å². The van der Waals surface area contributed by atoms with Gasteiger partial charge in [0.05, 0.1) is 0 Å². The van der Waals surface area contributed by atoms with Crippen LogP contribution in [0.25, 0.3) is 0 Å². The molecule has 27 heavy (non-hydrogen) atoms. The van der Waals surface area contributed by atoms with Crippen molar-refractivity contribution in [2.45, 2.75) is 76.3 Å². The van der Waals surface area contributed by atoms with E-state index in [4.69, 9.17) is 5.73 Å². The minimum Gasteiger partial charge on any atom is -0.368 e. The van der Waals surface area contributed by atoms with Crippen LogP contribution in [0, 0.1) is 6.92 Å². The third-order valence-electron chi connectivity index (χ3n) is 6.96. The van der Waals surface area contributed by atoms with Gasteiger partial charge < -0.3 is 16.0 Å². The maximum Gasteiger partial charge on any atom is 0.222 e. The van der Waals surface area contributed by atoms with Gasteiger partial charge in [0.2, 0.25) is 5.95 Å². The molecule has 0 amide bonds. The Morgan fingerprint density at radius 3 is 2.41 bits per heavy atom. The maximum absolute atomic E-state index is 5.83. The van der Waals surface area contributed by atoms with E-state index in [9.17, 15) is 0 Å². The van der Waals surface area contributed by atoms with Gasteiger partial charge in [-0.15, -0.1) is 0 Å². The Morgan fingerprint density at radius 1 is 1.04 bits per heavy atom. The molecule has 1 aromatic heterocycles. The standard InChI is InChI=1S/C21H36N6/c1-17-15-19(25-20(22)24-17)26-13-7-18(8-14-26)23-16-21(9-3-2-4-10-21)27-11-5-6-12-27/h15,18,23H,2-14,16H2,1H3,(H2,22,24,25). The molecule has 0 radical (unpaired) electrons. The number of hydrogen-bond acceptors (Lipinski definition) is 6. The number of likely N-dealkylation sites (tertiary alicyclic amines) is 1. The van der Waals surface area contributed by atoms with Crippen LogP contribution in [0.3, 0.4) is 0 Å². The molecule has 0 spiro atoms. The predicted molar refractivity (Wildman–Crippen MR) is 111 cm³/mol. The number of piperidine rings is 1. The first-order chi connectivity index (χ1) is 13.1. The lowest BCUT2D eigenvalue weighted by atomic mass is 9.80. The van der Waals surface area contributed by atoms with Crippen molar-refractivity contribution in [1.82, 2.24) is 20.2 Å². The Bertz CT molecular complexity index is 593. The molecule has 0 unspecified atom stereocenters. The molecule has 6 heteroatoms. The van der Waals surface area contributed by atoms with E-state index in [1.54, 1.807) is 0 Å². The van der Waals surface area contributed by atoms with Gasteiger partial charge in [-0.1, -0.05) is 19.3 Å². The number of aromatic nitrogens is 2. The molecule has 1 aromatic rings. The molecule has 6 nitrogen and oxygen atoms in total. The van der Waals surface area contributed by atoms with Crippen molar-refractivity contribution in [3.63, 3.8) is 0 Å².